The van der Waals surface area contributed by atoms with Gasteiger partial charge in [0.2, 0.25) is 6.79 Å². The molecule has 3 amide bonds. The maximum Gasteiger partial charge on any atom is 0.331 e. The molecule has 0 unspecified atom stereocenters. The van der Waals surface area contributed by atoms with E-state index < -0.39 is 24.0 Å². The third-order valence-electron chi connectivity index (χ3n) is 4.45. The number of imide groups is 1. The molecule has 0 bridgehead atoms. The van der Waals surface area contributed by atoms with Crippen LogP contribution in [-0.2, 0) is 14.3 Å². The SMILES string of the molecule is C[C@H](OC(=O)/C=C/c1cc(Cl)c2c(c1)OCO2)C(=O)NC(=O)NC1CCCC1. The molecule has 1 aliphatic heterocycles. The Kier molecular flexibility index (Phi) is 6.41. The predicted molar refractivity (Wildman–Crippen MR) is 101 cm³/mol. The van der Waals surface area contributed by atoms with Crippen LogP contribution in [0.15, 0.2) is 18.2 Å². The van der Waals surface area contributed by atoms with E-state index in [9.17, 15) is 14.4 Å². The van der Waals surface area contributed by atoms with Crippen LogP contribution in [0.25, 0.3) is 6.08 Å². The van der Waals surface area contributed by atoms with Gasteiger partial charge in [-0.15, -0.1) is 0 Å². The molecule has 28 heavy (non-hydrogen) atoms. The van der Waals surface area contributed by atoms with Crippen LogP contribution >= 0.6 is 11.6 Å². The van der Waals surface area contributed by atoms with Crippen molar-refractivity contribution in [3.63, 3.8) is 0 Å². The van der Waals surface area contributed by atoms with E-state index in [1.165, 1.54) is 13.0 Å². The molecular weight excluding hydrogens is 388 g/mol. The lowest BCUT2D eigenvalue weighted by Gasteiger charge is -2.15. The quantitative estimate of drug-likeness (QED) is 0.573. The predicted octanol–water partition coefficient (Wildman–Crippen LogP) is 2.78. The van der Waals surface area contributed by atoms with Gasteiger partial charge in [-0.1, -0.05) is 24.4 Å². The van der Waals surface area contributed by atoms with Gasteiger partial charge in [-0.05, 0) is 43.5 Å². The molecule has 1 heterocycles. The van der Waals surface area contributed by atoms with Crippen LogP contribution in [0, 0.1) is 0 Å². The highest BCUT2D eigenvalue weighted by atomic mass is 35.5. The Morgan fingerprint density at radius 1 is 1.25 bits per heavy atom. The molecule has 0 spiro atoms. The van der Waals surface area contributed by atoms with Gasteiger partial charge in [0.05, 0.1) is 5.02 Å². The Labute approximate surface area is 167 Å². The third-order valence-corrected chi connectivity index (χ3v) is 4.73. The maximum atomic E-state index is 12.0. The molecule has 150 valence electrons. The highest BCUT2D eigenvalue weighted by Gasteiger charge is 2.22. The molecule has 9 heteroatoms. The van der Waals surface area contributed by atoms with Crippen LogP contribution in [0.4, 0.5) is 4.79 Å². The molecule has 1 saturated carbocycles. The van der Waals surface area contributed by atoms with Crippen LogP contribution in [-0.4, -0.2) is 36.8 Å². The number of fused-ring (bicyclic) bond motifs is 1. The van der Waals surface area contributed by atoms with E-state index in [1.54, 1.807) is 12.1 Å². The van der Waals surface area contributed by atoms with Crippen molar-refractivity contribution in [2.24, 2.45) is 0 Å². The highest BCUT2D eigenvalue weighted by molar-refractivity contribution is 6.32. The normalized spacial score (nSPS) is 16.8. The average Bonchev–Trinajstić information content (AvgIpc) is 3.31. The van der Waals surface area contributed by atoms with E-state index in [-0.39, 0.29) is 12.8 Å². The van der Waals surface area contributed by atoms with Crippen LogP contribution in [0.5, 0.6) is 11.5 Å². The Hall–Kier alpha value is -2.74. The molecule has 0 aromatic heterocycles. The summed E-state index contributed by atoms with van der Waals surface area (Å²) in [5.41, 5.74) is 0.610. The Morgan fingerprint density at radius 2 is 2.00 bits per heavy atom. The molecule has 0 radical (unpaired) electrons. The first-order valence-electron chi connectivity index (χ1n) is 9.01. The van der Waals surface area contributed by atoms with Gasteiger partial charge >= 0.3 is 12.0 Å². The van der Waals surface area contributed by atoms with Crippen molar-refractivity contribution in [2.45, 2.75) is 44.8 Å². The van der Waals surface area contributed by atoms with Crippen molar-refractivity contribution in [3.05, 3.63) is 28.8 Å². The van der Waals surface area contributed by atoms with Gasteiger partial charge < -0.3 is 19.5 Å². The van der Waals surface area contributed by atoms with Crippen molar-refractivity contribution in [3.8, 4) is 11.5 Å². The minimum Gasteiger partial charge on any atom is -0.454 e. The van der Waals surface area contributed by atoms with E-state index in [1.807, 2.05) is 0 Å². The van der Waals surface area contributed by atoms with Gasteiger partial charge in [0, 0.05) is 12.1 Å². The average molecular weight is 409 g/mol. The van der Waals surface area contributed by atoms with Gasteiger partial charge in [0.25, 0.3) is 5.91 Å². The Bertz CT molecular complexity index is 804. The van der Waals surface area contributed by atoms with Gasteiger partial charge in [-0.2, -0.15) is 0 Å². The first-order chi connectivity index (χ1) is 13.4. The summed E-state index contributed by atoms with van der Waals surface area (Å²) in [4.78, 5) is 35.7. The van der Waals surface area contributed by atoms with Crippen LogP contribution in [0.2, 0.25) is 5.02 Å². The zero-order chi connectivity index (χ0) is 20.1. The molecule has 1 aliphatic carbocycles. The van der Waals surface area contributed by atoms with Crippen molar-refractivity contribution in [1.29, 1.82) is 0 Å². The van der Waals surface area contributed by atoms with Crippen LogP contribution < -0.4 is 20.1 Å². The molecule has 8 nitrogen and oxygen atoms in total. The number of urea groups is 1. The smallest absolute Gasteiger partial charge is 0.331 e. The fourth-order valence-corrected chi connectivity index (χ4v) is 3.29. The fraction of sp³-hybridized carbons (Fsp3) is 0.421. The Morgan fingerprint density at radius 3 is 2.75 bits per heavy atom. The number of carbonyl (C=O) groups excluding carboxylic acids is 3. The van der Waals surface area contributed by atoms with Crippen molar-refractivity contribution < 1.29 is 28.6 Å². The summed E-state index contributed by atoms with van der Waals surface area (Å²) in [5.74, 6) is -0.472. The number of nitrogens with one attached hydrogen (secondary N) is 2. The minimum atomic E-state index is -1.12. The van der Waals surface area contributed by atoms with Gasteiger partial charge in [0.15, 0.2) is 17.6 Å². The number of esters is 1. The van der Waals surface area contributed by atoms with E-state index >= 15 is 0 Å². The number of halogens is 1. The second-order valence-corrected chi connectivity index (χ2v) is 7.00. The number of hydrogen-bond donors (Lipinski definition) is 2. The van der Waals surface area contributed by atoms with Crippen molar-refractivity contribution >= 4 is 35.6 Å². The van der Waals surface area contributed by atoms with E-state index in [0.717, 1.165) is 31.8 Å². The molecular formula is C19H21ClN2O6. The summed E-state index contributed by atoms with van der Waals surface area (Å²) in [7, 11) is 0. The number of rotatable bonds is 5. The minimum absolute atomic E-state index is 0.0853. The number of hydrogen-bond acceptors (Lipinski definition) is 6. The molecule has 2 N–H and O–H groups in total. The fourth-order valence-electron chi connectivity index (χ4n) is 3.02. The van der Waals surface area contributed by atoms with Crippen molar-refractivity contribution in [1.82, 2.24) is 10.6 Å². The molecule has 0 saturated heterocycles. The molecule has 1 aromatic carbocycles. The third kappa shape index (κ3) is 5.16. The largest absolute Gasteiger partial charge is 0.454 e. The molecule has 3 rings (SSSR count). The second-order valence-electron chi connectivity index (χ2n) is 6.59. The van der Waals surface area contributed by atoms with E-state index in [4.69, 9.17) is 25.8 Å². The lowest BCUT2D eigenvalue weighted by Crippen LogP contribution is -2.47. The summed E-state index contributed by atoms with van der Waals surface area (Å²) in [6.45, 7) is 1.48. The van der Waals surface area contributed by atoms with Gasteiger partial charge in [-0.3, -0.25) is 10.1 Å². The first-order valence-corrected chi connectivity index (χ1v) is 9.39. The molecule has 2 aliphatic rings. The molecule has 1 atom stereocenters. The van der Waals surface area contributed by atoms with Gasteiger partial charge in [-0.25, -0.2) is 9.59 Å². The highest BCUT2D eigenvalue weighted by Crippen LogP contribution is 2.40. The number of benzene rings is 1. The van der Waals surface area contributed by atoms with Crippen LogP contribution in [0.1, 0.15) is 38.2 Å². The van der Waals surface area contributed by atoms with E-state index in [2.05, 4.69) is 10.6 Å². The van der Waals surface area contributed by atoms with Crippen molar-refractivity contribution in [2.75, 3.05) is 6.79 Å². The lowest BCUT2D eigenvalue weighted by molar-refractivity contribution is -0.149. The monoisotopic (exact) mass is 408 g/mol. The maximum absolute atomic E-state index is 12.0. The summed E-state index contributed by atoms with van der Waals surface area (Å²) in [6, 6.07) is 2.79. The molecule has 1 aromatic rings. The second kappa shape index (κ2) is 8.97. The lowest BCUT2D eigenvalue weighted by atomic mass is 10.2. The number of amides is 3. The number of carbonyl (C=O) groups is 3. The first kappa shape index (κ1) is 20.0. The zero-order valence-electron chi connectivity index (χ0n) is 15.3. The van der Waals surface area contributed by atoms with E-state index in [0.29, 0.717) is 22.1 Å². The number of ether oxygens (including phenoxy) is 3. The zero-order valence-corrected chi connectivity index (χ0v) is 16.1. The molecule has 1 fully saturated rings. The van der Waals surface area contributed by atoms with Gasteiger partial charge in [0.1, 0.15) is 0 Å². The summed E-state index contributed by atoms with van der Waals surface area (Å²) in [5, 5.41) is 5.28. The topological polar surface area (TPSA) is 103 Å². The summed E-state index contributed by atoms with van der Waals surface area (Å²) >= 11 is 6.08. The Balaban J connectivity index is 1.48. The van der Waals surface area contributed by atoms with Crippen LogP contribution in [0.3, 0.4) is 0 Å². The summed E-state index contributed by atoms with van der Waals surface area (Å²) < 4.78 is 15.5. The summed E-state index contributed by atoms with van der Waals surface area (Å²) in [6.07, 6.45) is 5.46. The standard InChI is InChI=1S/C19H21ClN2O6/c1-11(18(24)22-19(25)21-13-4-2-3-5-13)28-16(23)7-6-12-8-14(20)17-15(9-12)26-10-27-17/h6-9,11,13H,2-5,10H2,1H3,(H2,21,22,24,25)/b7-6+/t11-/m0/s1.